The molecule has 0 aliphatic carbocycles. The molecule has 2 N–H and O–H groups in total. The van der Waals surface area contributed by atoms with Crippen LogP contribution in [0.2, 0.25) is 5.15 Å². The maximum absolute atomic E-state index is 12.4. The van der Waals surface area contributed by atoms with Gasteiger partial charge in [0.1, 0.15) is 16.1 Å². The first-order valence-electron chi connectivity index (χ1n) is 5.85. The number of piperidine rings is 1. The Balaban J connectivity index is 2.37. The van der Waals surface area contributed by atoms with E-state index in [1.165, 1.54) is 18.3 Å². The predicted molar refractivity (Wildman–Crippen MR) is 70.0 cm³/mol. The molecule has 1 aliphatic rings. The van der Waals surface area contributed by atoms with Crippen LogP contribution in [0.3, 0.4) is 0 Å². The van der Waals surface area contributed by atoms with Crippen molar-refractivity contribution in [2.24, 2.45) is 5.73 Å². The van der Waals surface area contributed by atoms with E-state index in [9.17, 15) is 13.2 Å². The zero-order chi connectivity index (χ0) is 14.0. The van der Waals surface area contributed by atoms with Crippen LogP contribution in [0, 0.1) is 0 Å². The summed E-state index contributed by atoms with van der Waals surface area (Å²) in [4.78, 5) is 15.1. The number of sulfonamides is 1. The van der Waals surface area contributed by atoms with Crippen LogP contribution in [-0.4, -0.2) is 36.2 Å². The third kappa shape index (κ3) is 2.88. The Bertz CT molecular complexity index is 573. The minimum atomic E-state index is -3.76. The van der Waals surface area contributed by atoms with E-state index in [0.717, 1.165) is 10.7 Å². The van der Waals surface area contributed by atoms with Crippen molar-refractivity contribution in [3.05, 3.63) is 23.5 Å². The van der Waals surface area contributed by atoms with Gasteiger partial charge in [-0.1, -0.05) is 18.0 Å². The van der Waals surface area contributed by atoms with E-state index >= 15 is 0 Å². The summed E-state index contributed by atoms with van der Waals surface area (Å²) >= 11 is 5.63. The number of nitrogens with zero attached hydrogens (tertiary/aromatic N) is 2. The predicted octanol–water partition coefficient (Wildman–Crippen LogP) is 0.763. The molecule has 0 radical (unpaired) electrons. The lowest BCUT2D eigenvalue weighted by atomic mass is 10.0. The molecule has 8 heteroatoms. The summed E-state index contributed by atoms with van der Waals surface area (Å²) in [5.41, 5.74) is 5.27. The Morgan fingerprint density at radius 2 is 2.16 bits per heavy atom. The fourth-order valence-electron chi connectivity index (χ4n) is 2.13. The molecule has 104 valence electrons. The summed E-state index contributed by atoms with van der Waals surface area (Å²) in [5, 5.41) is 0.212. The first-order valence-corrected chi connectivity index (χ1v) is 7.67. The summed E-state index contributed by atoms with van der Waals surface area (Å²) in [6.45, 7) is 0.290. The highest BCUT2D eigenvalue weighted by atomic mass is 35.5. The number of primary amides is 1. The lowest BCUT2D eigenvalue weighted by molar-refractivity contribution is -0.122. The second-order valence-corrected chi connectivity index (χ2v) is 6.62. The molecule has 2 heterocycles. The maximum Gasteiger partial charge on any atom is 0.245 e. The number of hydrogen-bond acceptors (Lipinski definition) is 4. The van der Waals surface area contributed by atoms with Crippen molar-refractivity contribution < 1.29 is 13.2 Å². The van der Waals surface area contributed by atoms with Gasteiger partial charge in [0.25, 0.3) is 0 Å². The van der Waals surface area contributed by atoms with Gasteiger partial charge < -0.3 is 5.73 Å². The monoisotopic (exact) mass is 303 g/mol. The summed E-state index contributed by atoms with van der Waals surface area (Å²) in [5.74, 6) is -0.620. The average Bonchev–Trinajstić information content (AvgIpc) is 2.39. The molecule has 19 heavy (non-hydrogen) atoms. The maximum atomic E-state index is 12.4. The Morgan fingerprint density at radius 3 is 2.74 bits per heavy atom. The van der Waals surface area contributed by atoms with Crippen LogP contribution in [0.25, 0.3) is 0 Å². The number of amides is 1. The molecule has 1 saturated heterocycles. The highest BCUT2D eigenvalue weighted by Crippen LogP contribution is 2.25. The van der Waals surface area contributed by atoms with Crippen LogP contribution in [0.4, 0.5) is 0 Å². The van der Waals surface area contributed by atoms with Gasteiger partial charge in [-0.2, -0.15) is 4.31 Å². The minimum absolute atomic E-state index is 0.0186. The van der Waals surface area contributed by atoms with Crippen LogP contribution < -0.4 is 5.73 Å². The van der Waals surface area contributed by atoms with E-state index in [-0.39, 0.29) is 10.0 Å². The van der Waals surface area contributed by atoms with Gasteiger partial charge in [0.2, 0.25) is 15.9 Å². The molecular weight excluding hydrogens is 290 g/mol. The van der Waals surface area contributed by atoms with Gasteiger partial charge in [-0.05, 0) is 25.0 Å². The number of carbonyl (C=O) groups excluding carboxylic acids is 1. The van der Waals surface area contributed by atoms with Gasteiger partial charge in [0, 0.05) is 12.7 Å². The summed E-state index contributed by atoms with van der Waals surface area (Å²) in [6.07, 6.45) is 3.14. The first-order chi connectivity index (χ1) is 8.93. The normalized spacial score (nSPS) is 21.2. The third-order valence-electron chi connectivity index (χ3n) is 3.09. The van der Waals surface area contributed by atoms with Gasteiger partial charge >= 0.3 is 0 Å². The number of rotatable bonds is 3. The summed E-state index contributed by atoms with van der Waals surface area (Å²) in [6, 6.07) is 1.99. The fraction of sp³-hybridized carbons (Fsp3) is 0.455. The lowest BCUT2D eigenvalue weighted by Gasteiger charge is -2.32. The zero-order valence-electron chi connectivity index (χ0n) is 10.1. The summed E-state index contributed by atoms with van der Waals surface area (Å²) in [7, 11) is -3.76. The smallest absolute Gasteiger partial charge is 0.245 e. The van der Waals surface area contributed by atoms with Gasteiger partial charge in [-0.15, -0.1) is 0 Å². The number of nitrogens with two attached hydrogens (primary N) is 1. The van der Waals surface area contributed by atoms with Crippen molar-refractivity contribution in [3.63, 3.8) is 0 Å². The number of pyridine rings is 1. The topological polar surface area (TPSA) is 93.4 Å². The Hall–Kier alpha value is -1.18. The van der Waals surface area contributed by atoms with E-state index < -0.39 is 22.0 Å². The van der Waals surface area contributed by atoms with E-state index in [1.807, 2.05) is 0 Å². The van der Waals surface area contributed by atoms with Crippen molar-refractivity contribution in [1.82, 2.24) is 9.29 Å². The number of halogens is 1. The molecule has 1 amide bonds. The van der Waals surface area contributed by atoms with E-state index in [2.05, 4.69) is 4.98 Å². The molecule has 1 fully saturated rings. The van der Waals surface area contributed by atoms with Crippen molar-refractivity contribution in [2.45, 2.75) is 30.2 Å². The molecule has 0 bridgehead atoms. The van der Waals surface area contributed by atoms with Crippen molar-refractivity contribution >= 4 is 27.5 Å². The van der Waals surface area contributed by atoms with Crippen LogP contribution in [-0.2, 0) is 14.8 Å². The van der Waals surface area contributed by atoms with Crippen LogP contribution in [0.1, 0.15) is 19.3 Å². The molecule has 1 aromatic heterocycles. The van der Waals surface area contributed by atoms with Gasteiger partial charge in [-0.3, -0.25) is 4.79 Å². The largest absolute Gasteiger partial charge is 0.368 e. The minimum Gasteiger partial charge on any atom is -0.368 e. The number of hydrogen-bond donors (Lipinski definition) is 1. The lowest BCUT2D eigenvalue weighted by Crippen LogP contribution is -2.50. The van der Waals surface area contributed by atoms with Gasteiger partial charge in [0.15, 0.2) is 0 Å². The molecule has 0 aromatic carbocycles. The molecule has 6 nitrogen and oxygen atoms in total. The Morgan fingerprint density at radius 1 is 1.42 bits per heavy atom. The molecule has 0 saturated carbocycles. The quantitative estimate of drug-likeness (QED) is 0.834. The number of aromatic nitrogens is 1. The third-order valence-corrected chi connectivity index (χ3v) is 5.20. The molecule has 1 atom stereocenters. The molecular formula is C11H14ClN3O3S. The van der Waals surface area contributed by atoms with Gasteiger partial charge in [0.05, 0.1) is 0 Å². The highest BCUT2D eigenvalue weighted by molar-refractivity contribution is 7.89. The second kappa shape index (κ2) is 5.44. The molecule has 1 aliphatic heterocycles. The van der Waals surface area contributed by atoms with Crippen LogP contribution >= 0.6 is 11.6 Å². The first kappa shape index (κ1) is 14.2. The molecule has 0 spiro atoms. The standard InChI is InChI=1S/C11H14ClN3O3S/c12-10-5-4-8(7-14-10)19(17,18)15-6-2-1-3-9(15)11(13)16/h4-5,7,9H,1-3,6H2,(H2,13,16). The van der Waals surface area contributed by atoms with Crippen LogP contribution in [0.5, 0.6) is 0 Å². The highest BCUT2D eigenvalue weighted by Gasteiger charge is 2.36. The van der Waals surface area contributed by atoms with Crippen molar-refractivity contribution in [1.29, 1.82) is 0 Å². The van der Waals surface area contributed by atoms with Crippen molar-refractivity contribution in [2.75, 3.05) is 6.54 Å². The fourth-order valence-corrected chi connectivity index (χ4v) is 3.85. The molecule has 2 rings (SSSR count). The van der Waals surface area contributed by atoms with E-state index in [1.54, 1.807) is 0 Å². The second-order valence-electron chi connectivity index (χ2n) is 4.35. The Kier molecular flexibility index (Phi) is 4.07. The zero-order valence-corrected chi connectivity index (χ0v) is 11.7. The van der Waals surface area contributed by atoms with E-state index in [4.69, 9.17) is 17.3 Å². The van der Waals surface area contributed by atoms with Gasteiger partial charge in [-0.25, -0.2) is 13.4 Å². The summed E-state index contributed by atoms with van der Waals surface area (Å²) < 4.78 is 26.1. The Labute approximate surface area is 116 Å². The molecule has 1 unspecified atom stereocenters. The van der Waals surface area contributed by atoms with Crippen molar-refractivity contribution in [3.8, 4) is 0 Å². The van der Waals surface area contributed by atoms with Crippen LogP contribution in [0.15, 0.2) is 23.2 Å². The molecule has 1 aromatic rings. The number of carbonyl (C=O) groups is 1. The average molecular weight is 304 g/mol. The van der Waals surface area contributed by atoms with E-state index in [0.29, 0.717) is 19.4 Å². The SMILES string of the molecule is NC(=O)C1CCCCN1S(=O)(=O)c1ccc(Cl)nc1.